The monoisotopic (exact) mass is 513 g/mol. The number of thiophene rings is 1. The number of hydrogen-bond donors (Lipinski definition) is 0. The van der Waals surface area contributed by atoms with Gasteiger partial charge in [-0.3, -0.25) is 0 Å². The predicted molar refractivity (Wildman–Crippen MR) is 168 cm³/mol. The molecule has 2 aromatic heterocycles. The largest absolute Gasteiger partial charge is 0.247 e. The van der Waals surface area contributed by atoms with Crippen molar-refractivity contribution in [3.63, 3.8) is 0 Å². The first kappa shape index (κ1) is 22.2. The summed E-state index contributed by atoms with van der Waals surface area (Å²) in [7, 11) is 0. The molecular weight excluding hydrogens is 490 g/mol. The van der Waals surface area contributed by atoms with Crippen molar-refractivity contribution in [2.45, 2.75) is 0 Å². The van der Waals surface area contributed by atoms with Crippen LogP contribution in [0.2, 0.25) is 0 Å². The number of fused-ring (bicyclic) bond motifs is 5. The van der Waals surface area contributed by atoms with Gasteiger partial charge in [-0.1, -0.05) is 115 Å². The Bertz CT molecular complexity index is 2170. The van der Waals surface area contributed by atoms with Gasteiger partial charge in [0, 0.05) is 36.7 Å². The summed E-state index contributed by atoms with van der Waals surface area (Å²) in [6.07, 6.45) is 0. The normalized spacial score (nSPS) is 11.6. The zero-order chi connectivity index (χ0) is 25.8. The lowest BCUT2D eigenvalue weighted by Crippen LogP contribution is -1.94. The van der Waals surface area contributed by atoms with Crippen LogP contribution in [0.3, 0.4) is 0 Å². The van der Waals surface area contributed by atoms with Crippen LogP contribution >= 0.6 is 11.3 Å². The Balaban J connectivity index is 1.48. The minimum atomic E-state index is 1.01. The Labute approximate surface area is 230 Å². The number of pyridine rings is 1. The van der Waals surface area contributed by atoms with Gasteiger partial charge in [-0.25, -0.2) is 4.98 Å². The second-order valence-corrected chi connectivity index (χ2v) is 11.0. The summed E-state index contributed by atoms with van der Waals surface area (Å²) < 4.78 is 2.60. The van der Waals surface area contributed by atoms with E-state index in [0.29, 0.717) is 0 Å². The maximum atomic E-state index is 5.35. The molecule has 0 saturated heterocycles. The molecule has 0 saturated carbocycles. The highest BCUT2D eigenvalue weighted by Crippen LogP contribution is 2.44. The Morgan fingerprint density at radius 3 is 1.97 bits per heavy atom. The maximum Gasteiger partial charge on any atom is 0.0795 e. The smallest absolute Gasteiger partial charge is 0.0795 e. The molecule has 0 unspecified atom stereocenters. The SMILES string of the molecule is c1ccc(-c2ccc(-c3cc4ccccc4nc3-c3cccc4sc5ccccc5c34)c3ccccc23)cc1. The lowest BCUT2D eigenvalue weighted by atomic mass is 9.89. The first-order valence-electron chi connectivity index (χ1n) is 13.2. The van der Waals surface area contributed by atoms with E-state index in [1.54, 1.807) is 0 Å². The van der Waals surface area contributed by atoms with E-state index in [1.807, 2.05) is 11.3 Å². The van der Waals surface area contributed by atoms with E-state index >= 15 is 0 Å². The lowest BCUT2D eigenvalue weighted by molar-refractivity contribution is 1.41. The number of rotatable bonds is 3. The number of aromatic nitrogens is 1. The molecule has 8 aromatic rings. The lowest BCUT2D eigenvalue weighted by Gasteiger charge is -2.16. The van der Waals surface area contributed by atoms with Crippen LogP contribution < -0.4 is 0 Å². The summed E-state index contributed by atoms with van der Waals surface area (Å²) >= 11 is 1.85. The van der Waals surface area contributed by atoms with E-state index in [4.69, 9.17) is 4.98 Å². The summed E-state index contributed by atoms with van der Waals surface area (Å²) in [5, 5.41) is 6.21. The van der Waals surface area contributed by atoms with Crippen molar-refractivity contribution in [3.8, 4) is 33.5 Å². The van der Waals surface area contributed by atoms with Gasteiger partial charge in [0.15, 0.2) is 0 Å². The van der Waals surface area contributed by atoms with Crippen LogP contribution in [0.15, 0.2) is 140 Å². The topological polar surface area (TPSA) is 12.9 Å². The Hall–Kier alpha value is -4.79. The predicted octanol–water partition coefficient (Wildman–Crippen LogP) is 10.8. The fourth-order valence-corrected chi connectivity index (χ4v) is 7.03. The minimum Gasteiger partial charge on any atom is -0.247 e. The third kappa shape index (κ3) is 3.57. The summed E-state index contributed by atoms with van der Waals surface area (Å²) in [5.74, 6) is 0. The molecule has 0 N–H and O–H groups in total. The van der Waals surface area contributed by atoms with E-state index < -0.39 is 0 Å². The summed E-state index contributed by atoms with van der Waals surface area (Å²) in [4.78, 5) is 5.35. The summed E-state index contributed by atoms with van der Waals surface area (Å²) in [6, 6.07) is 50.1. The molecule has 6 aromatic carbocycles. The molecule has 1 nitrogen and oxygen atoms in total. The molecular formula is C37H23NS. The van der Waals surface area contributed by atoms with Crippen LogP contribution in [-0.4, -0.2) is 4.98 Å². The van der Waals surface area contributed by atoms with Gasteiger partial charge in [0.1, 0.15) is 0 Å². The van der Waals surface area contributed by atoms with Crippen LogP contribution in [0.1, 0.15) is 0 Å². The molecule has 0 atom stereocenters. The first-order chi connectivity index (χ1) is 19.3. The van der Waals surface area contributed by atoms with Crippen molar-refractivity contribution in [1.82, 2.24) is 4.98 Å². The Morgan fingerprint density at radius 1 is 0.436 bits per heavy atom. The zero-order valence-corrected chi connectivity index (χ0v) is 22.0. The highest BCUT2D eigenvalue weighted by molar-refractivity contribution is 7.25. The van der Waals surface area contributed by atoms with Crippen LogP contribution in [-0.2, 0) is 0 Å². The van der Waals surface area contributed by atoms with Crippen molar-refractivity contribution in [2.24, 2.45) is 0 Å². The molecule has 8 rings (SSSR count). The van der Waals surface area contributed by atoms with E-state index in [9.17, 15) is 0 Å². The summed E-state index contributed by atoms with van der Waals surface area (Å²) in [5.41, 5.74) is 8.06. The van der Waals surface area contributed by atoms with Crippen molar-refractivity contribution in [3.05, 3.63) is 140 Å². The quantitative estimate of drug-likeness (QED) is 0.229. The van der Waals surface area contributed by atoms with Crippen LogP contribution in [0.5, 0.6) is 0 Å². The van der Waals surface area contributed by atoms with Crippen molar-refractivity contribution in [1.29, 1.82) is 0 Å². The average Bonchev–Trinajstić information content (AvgIpc) is 3.39. The van der Waals surface area contributed by atoms with Gasteiger partial charge < -0.3 is 0 Å². The number of hydrogen-bond acceptors (Lipinski definition) is 2. The molecule has 2 heterocycles. The number of para-hydroxylation sites is 1. The number of nitrogens with zero attached hydrogens (tertiary/aromatic N) is 1. The third-order valence-electron chi connectivity index (χ3n) is 7.68. The minimum absolute atomic E-state index is 1.01. The highest BCUT2D eigenvalue weighted by Gasteiger charge is 2.19. The van der Waals surface area contributed by atoms with Crippen LogP contribution in [0.4, 0.5) is 0 Å². The number of benzene rings is 6. The summed E-state index contributed by atoms with van der Waals surface area (Å²) in [6.45, 7) is 0. The first-order valence-corrected chi connectivity index (χ1v) is 14.0. The molecule has 2 heteroatoms. The van der Waals surface area contributed by atoms with Gasteiger partial charge in [-0.15, -0.1) is 11.3 Å². The Morgan fingerprint density at radius 2 is 1.10 bits per heavy atom. The molecule has 0 aliphatic rings. The highest BCUT2D eigenvalue weighted by atomic mass is 32.1. The van der Waals surface area contributed by atoms with Crippen molar-refractivity contribution < 1.29 is 0 Å². The van der Waals surface area contributed by atoms with Gasteiger partial charge in [-0.2, -0.15) is 0 Å². The fraction of sp³-hybridized carbons (Fsp3) is 0. The van der Waals surface area contributed by atoms with Crippen LogP contribution in [0.25, 0.3) is 75.4 Å². The molecule has 0 bridgehead atoms. The average molecular weight is 514 g/mol. The second kappa shape index (κ2) is 8.90. The molecule has 0 aliphatic heterocycles. The van der Waals surface area contributed by atoms with E-state index in [1.165, 1.54) is 53.2 Å². The van der Waals surface area contributed by atoms with Crippen LogP contribution in [0, 0.1) is 0 Å². The second-order valence-electron chi connectivity index (χ2n) is 9.93. The molecule has 39 heavy (non-hydrogen) atoms. The van der Waals surface area contributed by atoms with E-state index in [2.05, 4.69) is 140 Å². The van der Waals surface area contributed by atoms with Gasteiger partial charge in [0.05, 0.1) is 11.2 Å². The molecule has 182 valence electrons. The molecule has 0 amide bonds. The van der Waals surface area contributed by atoms with Gasteiger partial charge in [-0.05, 0) is 51.7 Å². The molecule has 0 spiro atoms. The van der Waals surface area contributed by atoms with Crippen molar-refractivity contribution >= 4 is 53.2 Å². The Kier molecular flexibility index (Phi) is 5.07. The van der Waals surface area contributed by atoms with Gasteiger partial charge >= 0.3 is 0 Å². The van der Waals surface area contributed by atoms with Crippen molar-refractivity contribution in [2.75, 3.05) is 0 Å². The molecule has 0 radical (unpaired) electrons. The zero-order valence-electron chi connectivity index (χ0n) is 21.1. The standard InChI is InChI=1S/C37H23NS/c1-2-11-24(12-3-1)26-21-22-29(28-15-6-5-14-27(26)28)32-23-25-13-4-8-18-33(25)38-37(32)31-17-10-20-35-36(31)30-16-7-9-19-34(30)39-35/h1-23H. The third-order valence-corrected chi connectivity index (χ3v) is 8.82. The van der Waals surface area contributed by atoms with E-state index in [-0.39, 0.29) is 0 Å². The van der Waals surface area contributed by atoms with Gasteiger partial charge in [0.25, 0.3) is 0 Å². The van der Waals surface area contributed by atoms with Gasteiger partial charge in [0.2, 0.25) is 0 Å². The maximum absolute atomic E-state index is 5.35. The molecule has 0 aliphatic carbocycles. The fourth-order valence-electron chi connectivity index (χ4n) is 5.90. The molecule has 0 fully saturated rings. The van der Waals surface area contributed by atoms with E-state index in [0.717, 1.165) is 22.2 Å².